The molecule has 32 heteroatoms. The number of hydrogen-bond acceptors (Lipinski definition) is 17. The van der Waals surface area contributed by atoms with Crippen molar-refractivity contribution in [3.63, 3.8) is 0 Å². The summed E-state index contributed by atoms with van der Waals surface area (Å²) in [6.45, 7) is 12.0. The highest BCUT2D eigenvalue weighted by Gasteiger charge is 2.28. The summed E-state index contributed by atoms with van der Waals surface area (Å²) in [5.41, 5.74) is 8.29. The lowest BCUT2D eigenvalue weighted by Crippen LogP contribution is -2.28. The van der Waals surface area contributed by atoms with Crippen LogP contribution in [0.5, 0.6) is 0 Å². The minimum atomic E-state index is -1.37. The van der Waals surface area contributed by atoms with E-state index in [2.05, 4.69) is 114 Å². The number of rotatable bonds is 22. The quantitative estimate of drug-likeness (QED) is 0.0292. The van der Waals surface area contributed by atoms with Crippen LogP contribution in [0.25, 0.3) is 22.7 Å². The Morgan fingerprint density at radius 2 is 0.624 bits per heavy atom. The molecule has 0 unspecified atom stereocenters. The largest absolute Gasteiger partial charge is 0.348 e. The van der Waals surface area contributed by atoms with Crippen molar-refractivity contribution in [2.75, 3.05) is 42.5 Å². The second-order valence-corrected chi connectivity index (χ2v) is 28.2. The van der Waals surface area contributed by atoms with E-state index in [1.165, 1.54) is 9.36 Å². The average Bonchev–Trinajstić information content (AvgIpc) is 1.64. The molecule has 11 aromatic carbocycles. The number of hydrogen-bond donors (Lipinski definition) is 8. The van der Waals surface area contributed by atoms with Crippen molar-refractivity contribution in [1.29, 1.82) is 0 Å². The van der Waals surface area contributed by atoms with Crippen LogP contribution in [0.3, 0.4) is 0 Å². The Kier molecular flexibility index (Phi) is 27.4. The molecule has 16 rings (SSSR count). The summed E-state index contributed by atoms with van der Waals surface area (Å²) in [4.78, 5) is 97.7. The topological polar surface area (TPSA) is 334 Å². The lowest BCUT2D eigenvalue weighted by Gasteiger charge is -2.26. The average molecular weight is 1680 g/mol. The Hall–Kier alpha value is -16.8. The Morgan fingerprint density at radius 1 is 0.312 bits per heavy atom. The van der Waals surface area contributed by atoms with E-state index in [0.29, 0.717) is 76.2 Å². The lowest BCUT2D eigenvalue weighted by molar-refractivity contribution is 0.101. The lowest BCUT2D eigenvalue weighted by atomic mass is 9.95. The first kappa shape index (κ1) is 86.1. The van der Waals surface area contributed by atoms with Gasteiger partial charge in [0.05, 0.1) is 46.1 Å². The van der Waals surface area contributed by atoms with Crippen LogP contribution in [0.2, 0.25) is 0 Å². The molecule has 0 saturated heterocycles. The van der Waals surface area contributed by atoms with Crippen molar-refractivity contribution in [2.24, 2.45) is 0 Å². The molecule has 16 aromatic rings. The molecule has 27 nitrogen and oxygen atoms in total. The normalized spacial score (nSPS) is 10.7. The van der Waals surface area contributed by atoms with Crippen LogP contribution in [0.4, 0.5) is 69.5 Å². The highest BCUT2D eigenvalue weighted by Crippen LogP contribution is 2.29. The molecule has 0 aliphatic carbocycles. The number of anilines is 8. The van der Waals surface area contributed by atoms with Gasteiger partial charge in [0.1, 0.15) is 34.6 Å². The van der Waals surface area contributed by atoms with Gasteiger partial charge in [-0.2, -0.15) is 38.7 Å². The molecule has 0 aliphatic rings. The molecule has 626 valence electrons. The standard InChI is InChI=1S/C25H25N5O.C23H16F3N5O2.C23H17F2N5O2.C22H20N6O/c1-18-12-10-11-17-21(18)22(31)26-24-27-23(29-30(24)20-15-8-5-9-16-20)28-25(2,3)19-13-6-4-7-14-19;1-13-7-5-6-10-16(13)20(32)28-23-29-22(30-31(23)15-8-3-2-4-9-15)27-21(33)19-17(25)11-14(24)12-18(19)26;1-14-7-5-6-10-17(14)20(31)27-23-28-22(29-30(23)16-8-3-2-4-9-16)26-21(32)18-12-11-15(24)13-19(18)25;1-16-9-5-6-13-19(16)20(29)25-21-26-22(24-15-17-10-7-8-14-23-17)28(27-21)18-11-3-2-4-12-18/h4-17H,1-3H3,(H2,26,27,28,29,31);2-12H,1H3,(H2,27,28,29,30,32,33);2-13H,1H3,(H2,26,27,28,29,31,32);2-14H,15H2,1H3,(H2,24,25,26,27,29). The van der Waals surface area contributed by atoms with Gasteiger partial charge in [-0.3, -0.25) is 65.7 Å². The first-order valence-corrected chi connectivity index (χ1v) is 38.7. The zero-order valence-electron chi connectivity index (χ0n) is 67.7. The molecule has 125 heavy (non-hydrogen) atoms. The summed E-state index contributed by atoms with van der Waals surface area (Å²) in [5, 5.41) is 39.7. The monoisotopic (exact) mass is 1680 g/mol. The molecule has 0 bridgehead atoms. The van der Waals surface area contributed by atoms with Gasteiger partial charge >= 0.3 is 0 Å². The molecule has 8 N–H and O–H groups in total. The molecule has 0 saturated carbocycles. The fourth-order valence-electron chi connectivity index (χ4n) is 12.4. The van der Waals surface area contributed by atoms with Crippen LogP contribution in [0.1, 0.15) is 110 Å². The Labute approximate surface area is 712 Å². The maximum Gasteiger partial charge on any atom is 0.264 e. The van der Waals surface area contributed by atoms with Crippen molar-refractivity contribution in [3.05, 3.63) is 399 Å². The predicted octanol–water partition coefficient (Wildman–Crippen LogP) is 17.9. The van der Waals surface area contributed by atoms with Crippen molar-refractivity contribution in [1.82, 2.24) is 64.0 Å². The number of benzene rings is 11. The van der Waals surface area contributed by atoms with Crippen LogP contribution >= 0.6 is 0 Å². The SMILES string of the molecule is Cc1ccccc1C(=O)Nc1nc(NC(=O)c2c(F)cc(F)cc2F)nn1-c1ccccc1.Cc1ccccc1C(=O)Nc1nc(NC(=O)c2ccc(F)cc2F)nn1-c1ccccc1.Cc1ccccc1C(=O)Nc1nc(NC(C)(C)c2ccccc2)nn1-c1ccccc1.Cc1ccccc1C(=O)Nc1nc(NCc2ccccn2)n(-c2ccccc2)n1. The molecule has 0 fully saturated rings. The van der Waals surface area contributed by atoms with Gasteiger partial charge in [-0.25, -0.2) is 22.0 Å². The molecule has 0 spiro atoms. The Morgan fingerprint density at radius 3 is 1.00 bits per heavy atom. The number of aromatic nitrogens is 13. The van der Waals surface area contributed by atoms with E-state index in [1.54, 1.807) is 139 Å². The van der Waals surface area contributed by atoms with Crippen LogP contribution in [0, 0.1) is 56.8 Å². The number of para-hydroxylation sites is 4. The van der Waals surface area contributed by atoms with Crippen molar-refractivity contribution < 1.29 is 50.7 Å². The fourth-order valence-corrected chi connectivity index (χ4v) is 12.4. The second-order valence-electron chi connectivity index (χ2n) is 28.2. The predicted molar refractivity (Wildman–Crippen MR) is 465 cm³/mol. The zero-order chi connectivity index (χ0) is 88.1. The number of aryl methyl sites for hydroxylation is 4. The smallest absolute Gasteiger partial charge is 0.264 e. The molecular weight excluding hydrogens is 1600 g/mol. The van der Waals surface area contributed by atoms with Crippen LogP contribution in [-0.4, -0.2) is 99.5 Å². The van der Waals surface area contributed by atoms with Gasteiger partial charge in [-0.15, -0.1) is 20.4 Å². The summed E-state index contributed by atoms with van der Waals surface area (Å²) in [5.74, 6) is -8.09. The number of nitrogens with one attached hydrogen (secondary N) is 8. The number of amides is 6. The molecule has 0 atom stereocenters. The van der Waals surface area contributed by atoms with E-state index in [0.717, 1.165) is 57.0 Å². The third kappa shape index (κ3) is 22.0. The van der Waals surface area contributed by atoms with Gasteiger partial charge in [0.15, 0.2) is 0 Å². The minimum Gasteiger partial charge on any atom is -0.348 e. The summed E-state index contributed by atoms with van der Waals surface area (Å²) in [7, 11) is 0. The summed E-state index contributed by atoms with van der Waals surface area (Å²) >= 11 is 0. The van der Waals surface area contributed by atoms with Crippen LogP contribution in [0.15, 0.2) is 303 Å². The van der Waals surface area contributed by atoms with Gasteiger partial charge < -0.3 is 10.6 Å². The van der Waals surface area contributed by atoms with Crippen molar-refractivity contribution in [3.8, 4) is 22.7 Å². The molecule has 0 radical (unpaired) electrons. The zero-order valence-corrected chi connectivity index (χ0v) is 67.7. The van der Waals surface area contributed by atoms with Crippen LogP contribution < -0.4 is 42.5 Å². The van der Waals surface area contributed by atoms with Gasteiger partial charge in [0.25, 0.3) is 53.3 Å². The first-order chi connectivity index (χ1) is 60.4. The minimum absolute atomic E-state index is 0.0372. The summed E-state index contributed by atoms with van der Waals surface area (Å²) in [6.07, 6.45) is 1.74. The Balaban J connectivity index is 0.000000143. The molecule has 5 aromatic heterocycles. The molecular formula is C93H78F5N21O6. The number of halogens is 5. The Bertz CT molecular complexity index is 6500. The summed E-state index contributed by atoms with van der Waals surface area (Å²) in [6, 6.07) is 84.7. The highest BCUT2D eigenvalue weighted by atomic mass is 19.2. The summed E-state index contributed by atoms with van der Waals surface area (Å²) < 4.78 is 74.1. The van der Waals surface area contributed by atoms with Gasteiger partial charge in [0.2, 0.25) is 29.7 Å². The maximum absolute atomic E-state index is 14.0. The molecule has 0 aliphatic heterocycles. The van der Waals surface area contributed by atoms with Gasteiger partial charge in [0, 0.05) is 46.6 Å². The van der Waals surface area contributed by atoms with Crippen molar-refractivity contribution >= 4 is 83.0 Å². The van der Waals surface area contributed by atoms with E-state index in [1.807, 2.05) is 159 Å². The van der Waals surface area contributed by atoms with E-state index >= 15 is 0 Å². The second kappa shape index (κ2) is 39.8. The third-order valence-electron chi connectivity index (χ3n) is 18.8. The maximum atomic E-state index is 14.0. The number of carbonyl (C=O) groups excluding carboxylic acids is 6. The van der Waals surface area contributed by atoms with Gasteiger partial charge in [-0.05, 0) is 166 Å². The van der Waals surface area contributed by atoms with E-state index in [-0.39, 0.29) is 47.1 Å². The molecule has 6 amide bonds. The van der Waals surface area contributed by atoms with E-state index in [9.17, 15) is 50.7 Å². The fraction of sp³-hybridized carbons (Fsp3) is 0.0860. The number of nitrogens with zero attached hydrogens (tertiary/aromatic N) is 13. The molecule has 5 heterocycles. The third-order valence-corrected chi connectivity index (χ3v) is 18.8. The number of carbonyl (C=O) groups is 6. The van der Waals surface area contributed by atoms with Crippen LogP contribution in [-0.2, 0) is 12.1 Å². The highest BCUT2D eigenvalue weighted by molar-refractivity contribution is 6.08. The van der Waals surface area contributed by atoms with E-state index < -0.39 is 63.8 Å². The van der Waals surface area contributed by atoms with Crippen molar-refractivity contribution in [2.45, 2.75) is 53.6 Å². The number of pyridine rings is 1. The van der Waals surface area contributed by atoms with Gasteiger partial charge in [-0.1, -0.05) is 182 Å². The first-order valence-electron chi connectivity index (χ1n) is 38.7. The van der Waals surface area contributed by atoms with E-state index in [4.69, 9.17) is 0 Å².